The highest BCUT2D eigenvalue weighted by Gasteiger charge is 2.20. The van der Waals surface area contributed by atoms with Crippen LogP contribution in [0.4, 0.5) is 4.79 Å². The Morgan fingerprint density at radius 2 is 1.43 bits per heavy atom. The highest BCUT2D eigenvalue weighted by molar-refractivity contribution is 5.81. The van der Waals surface area contributed by atoms with Crippen LogP contribution >= 0.6 is 0 Å². The summed E-state index contributed by atoms with van der Waals surface area (Å²) >= 11 is 0. The largest absolute Gasteiger partial charge is 0.507 e. The fraction of sp³-hybridized carbons (Fsp3) is 0.405. The third-order valence-corrected chi connectivity index (χ3v) is 8.78. The summed E-state index contributed by atoms with van der Waals surface area (Å²) < 4.78 is 22.5. The maximum atomic E-state index is 12.6. The highest BCUT2D eigenvalue weighted by Crippen LogP contribution is 2.34. The molecule has 53 heavy (non-hydrogen) atoms. The number of ether oxygens (including phenoxy) is 4. The first-order valence-corrected chi connectivity index (χ1v) is 18.2. The number of amides is 1. The molecule has 11 heteroatoms. The number of hydrogen-bond acceptors (Lipinski definition) is 10. The van der Waals surface area contributed by atoms with Crippen LogP contribution in [0.3, 0.4) is 0 Å². The SMILES string of the molecule is C=CC(=O)OCCNC(=O)OC(COCC(CC)CCCC)COc1ccc(-c2nc(-c3ccc(C)cc3C)nc(-c3ccc(C)cc3C)n2)c(O)c1. The first kappa shape index (κ1) is 40.5. The topological polar surface area (TPSA) is 142 Å². The molecule has 0 saturated heterocycles. The van der Waals surface area contributed by atoms with E-state index in [1.807, 2.05) is 52.0 Å². The summed E-state index contributed by atoms with van der Waals surface area (Å²) in [5, 5.41) is 13.9. The number of aromatic nitrogens is 3. The van der Waals surface area contributed by atoms with Crippen molar-refractivity contribution in [1.29, 1.82) is 0 Å². The third-order valence-electron chi connectivity index (χ3n) is 8.78. The molecule has 0 aliphatic rings. The number of aromatic hydroxyl groups is 1. The molecule has 0 aliphatic carbocycles. The van der Waals surface area contributed by atoms with Gasteiger partial charge in [0.2, 0.25) is 0 Å². The van der Waals surface area contributed by atoms with E-state index in [4.69, 9.17) is 33.9 Å². The maximum absolute atomic E-state index is 12.6. The van der Waals surface area contributed by atoms with E-state index in [0.717, 1.165) is 65.1 Å². The number of hydrogen-bond donors (Lipinski definition) is 2. The number of nitrogens with zero attached hydrogens (tertiary/aromatic N) is 3. The molecule has 1 amide bonds. The number of carbonyl (C=O) groups excluding carboxylic acids is 2. The van der Waals surface area contributed by atoms with Crippen LogP contribution in [0.15, 0.2) is 67.3 Å². The van der Waals surface area contributed by atoms with Gasteiger partial charge in [-0.25, -0.2) is 24.5 Å². The van der Waals surface area contributed by atoms with Gasteiger partial charge >= 0.3 is 12.1 Å². The molecule has 1 aromatic heterocycles. The molecule has 0 bridgehead atoms. The molecule has 2 unspecified atom stereocenters. The number of aryl methyl sites for hydroxylation is 4. The molecule has 0 radical (unpaired) electrons. The van der Waals surface area contributed by atoms with Crippen LogP contribution in [0.1, 0.15) is 61.8 Å². The van der Waals surface area contributed by atoms with E-state index < -0.39 is 18.2 Å². The molecule has 0 spiro atoms. The van der Waals surface area contributed by atoms with Gasteiger partial charge in [-0.15, -0.1) is 0 Å². The number of phenolic OH excluding ortho intramolecular Hbond substituents is 1. The van der Waals surface area contributed by atoms with E-state index in [-0.39, 0.29) is 32.1 Å². The van der Waals surface area contributed by atoms with E-state index in [1.165, 1.54) is 6.07 Å². The number of nitrogens with one attached hydrogen (secondary N) is 1. The third kappa shape index (κ3) is 12.1. The molecular formula is C42H52N4O7. The van der Waals surface area contributed by atoms with Crippen molar-refractivity contribution in [2.75, 3.05) is 33.0 Å². The number of alkyl carbamates (subject to hydrolysis) is 1. The molecule has 0 aliphatic heterocycles. The van der Waals surface area contributed by atoms with Crippen molar-refractivity contribution < 1.29 is 33.6 Å². The van der Waals surface area contributed by atoms with Crippen LogP contribution in [0.2, 0.25) is 0 Å². The quantitative estimate of drug-likeness (QED) is 0.0552. The Kier molecular flexibility index (Phi) is 15.3. The molecule has 3 aromatic carbocycles. The minimum absolute atomic E-state index is 0.0295. The molecule has 2 N–H and O–H groups in total. The molecular weight excluding hydrogens is 672 g/mol. The average Bonchev–Trinajstić information content (AvgIpc) is 3.13. The fourth-order valence-corrected chi connectivity index (χ4v) is 5.78. The Balaban J connectivity index is 1.54. The molecule has 2 atom stereocenters. The van der Waals surface area contributed by atoms with Crippen molar-refractivity contribution in [1.82, 2.24) is 20.3 Å². The summed E-state index contributed by atoms with van der Waals surface area (Å²) in [6.07, 6.45) is 3.85. The van der Waals surface area contributed by atoms with Gasteiger partial charge in [0.25, 0.3) is 0 Å². The van der Waals surface area contributed by atoms with Gasteiger partial charge in [0.15, 0.2) is 23.6 Å². The lowest BCUT2D eigenvalue weighted by atomic mass is 10.0. The lowest BCUT2D eigenvalue weighted by Crippen LogP contribution is -2.36. The second-order valence-electron chi connectivity index (χ2n) is 13.2. The van der Waals surface area contributed by atoms with E-state index in [9.17, 15) is 14.7 Å². The van der Waals surface area contributed by atoms with Gasteiger partial charge in [-0.2, -0.15) is 0 Å². The summed E-state index contributed by atoms with van der Waals surface area (Å²) in [6, 6.07) is 17.1. The Morgan fingerprint density at radius 1 is 0.830 bits per heavy atom. The van der Waals surface area contributed by atoms with Crippen LogP contribution in [-0.4, -0.2) is 71.2 Å². The van der Waals surface area contributed by atoms with Gasteiger partial charge in [0, 0.05) is 29.9 Å². The standard InChI is InChI=1S/C42H52N4O7/c1-8-11-12-31(9-2)24-50-25-33(53-42(49)43-19-20-51-38(48)10-3)26-52-32-15-18-36(37(47)23-32)41-45-39(34-16-13-27(4)21-29(34)6)44-40(46-41)35-17-14-28(5)22-30(35)7/h10,13-18,21-23,31,33,47H,3,8-9,11-12,19-20,24-26H2,1-2,4-7H3,(H,43,49). The van der Waals surface area contributed by atoms with Gasteiger partial charge in [0.05, 0.1) is 18.7 Å². The molecule has 0 saturated carbocycles. The van der Waals surface area contributed by atoms with Crippen LogP contribution < -0.4 is 10.1 Å². The number of phenols is 1. The molecule has 1 heterocycles. The summed E-state index contributed by atoms with van der Waals surface area (Å²) in [5.41, 5.74) is 6.46. The molecule has 4 rings (SSSR count). The van der Waals surface area contributed by atoms with Crippen molar-refractivity contribution in [3.05, 3.63) is 89.5 Å². The van der Waals surface area contributed by atoms with Crippen molar-refractivity contribution in [3.8, 4) is 45.7 Å². The van der Waals surface area contributed by atoms with Gasteiger partial charge in [0.1, 0.15) is 24.7 Å². The second-order valence-corrected chi connectivity index (χ2v) is 13.2. The predicted molar refractivity (Wildman–Crippen MR) is 206 cm³/mol. The number of benzene rings is 3. The molecule has 0 fully saturated rings. The lowest BCUT2D eigenvalue weighted by Gasteiger charge is -2.21. The Labute approximate surface area is 312 Å². The van der Waals surface area contributed by atoms with Gasteiger partial charge in [-0.3, -0.25) is 0 Å². The second kappa shape index (κ2) is 20.1. The van der Waals surface area contributed by atoms with Crippen LogP contribution in [0.5, 0.6) is 11.5 Å². The highest BCUT2D eigenvalue weighted by atomic mass is 16.6. The Hall–Kier alpha value is -5.29. The number of esters is 1. The van der Waals surface area contributed by atoms with Gasteiger partial charge < -0.3 is 29.4 Å². The number of carbonyl (C=O) groups is 2. The summed E-state index contributed by atoms with van der Waals surface area (Å²) in [4.78, 5) is 38.4. The minimum Gasteiger partial charge on any atom is -0.507 e. The first-order valence-electron chi connectivity index (χ1n) is 18.2. The molecule has 11 nitrogen and oxygen atoms in total. The predicted octanol–water partition coefficient (Wildman–Crippen LogP) is 8.25. The Morgan fingerprint density at radius 3 is 1.98 bits per heavy atom. The van der Waals surface area contributed by atoms with E-state index in [1.54, 1.807) is 12.1 Å². The van der Waals surface area contributed by atoms with Crippen molar-refractivity contribution in [2.45, 2.75) is 73.3 Å². The Bertz CT molecular complexity index is 1790. The average molecular weight is 725 g/mol. The molecule has 4 aromatic rings. The summed E-state index contributed by atoms with van der Waals surface area (Å²) in [5.74, 6) is 1.39. The van der Waals surface area contributed by atoms with Crippen molar-refractivity contribution >= 4 is 12.1 Å². The van der Waals surface area contributed by atoms with Gasteiger partial charge in [-0.05, 0) is 63.3 Å². The molecule has 282 valence electrons. The summed E-state index contributed by atoms with van der Waals surface area (Å²) in [6.45, 7) is 16.4. The smallest absolute Gasteiger partial charge is 0.407 e. The fourth-order valence-electron chi connectivity index (χ4n) is 5.78. The number of unbranched alkanes of at least 4 members (excludes halogenated alkanes) is 1. The zero-order valence-corrected chi connectivity index (χ0v) is 31.7. The van der Waals surface area contributed by atoms with E-state index in [0.29, 0.717) is 41.3 Å². The zero-order chi connectivity index (χ0) is 38.3. The number of rotatable bonds is 19. The van der Waals surface area contributed by atoms with Crippen molar-refractivity contribution in [2.24, 2.45) is 5.92 Å². The van der Waals surface area contributed by atoms with E-state index in [2.05, 4.69) is 37.9 Å². The maximum Gasteiger partial charge on any atom is 0.407 e. The van der Waals surface area contributed by atoms with Gasteiger partial charge in [-0.1, -0.05) is 87.2 Å². The first-order chi connectivity index (χ1) is 25.5. The lowest BCUT2D eigenvalue weighted by molar-refractivity contribution is -0.137. The van der Waals surface area contributed by atoms with Crippen LogP contribution in [0, 0.1) is 33.6 Å². The zero-order valence-electron chi connectivity index (χ0n) is 31.7. The van der Waals surface area contributed by atoms with Crippen LogP contribution in [-0.2, 0) is 19.0 Å². The minimum atomic E-state index is -0.764. The normalized spacial score (nSPS) is 12.1. The van der Waals surface area contributed by atoms with Crippen molar-refractivity contribution in [3.63, 3.8) is 0 Å². The summed E-state index contributed by atoms with van der Waals surface area (Å²) in [7, 11) is 0. The monoisotopic (exact) mass is 724 g/mol. The van der Waals surface area contributed by atoms with Crippen LogP contribution in [0.25, 0.3) is 34.2 Å². The van der Waals surface area contributed by atoms with E-state index >= 15 is 0 Å².